The molecule has 3 saturated heterocycles. The SMILES string of the molecule is C=CC(=O)N1CCC2C(C1)NC(C1CCCCC1)NC2C1CNN(C)C1. The summed E-state index contributed by atoms with van der Waals surface area (Å²) in [6, 6.07) is 0.934. The fraction of sp³-hybridized carbons (Fsp3) is 0.850. The lowest BCUT2D eigenvalue weighted by Gasteiger charge is -2.52. The van der Waals surface area contributed by atoms with Crippen LogP contribution in [0.4, 0.5) is 0 Å². The van der Waals surface area contributed by atoms with Crippen molar-refractivity contribution in [3.05, 3.63) is 12.7 Å². The summed E-state index contributed by atoms with van der Waals surface area (Å²) in [6.07, 6.45) is 9.69. The van der Waals surface area contributed by atoms with Crippen LogP contribution < -0.4 is 16.1 Å². The summed E-state index contributed by atoms with van der Waals surface area (Å²) in [5.74, 6) is 2.05. The Hall–Kier alpha value is -0.950. The van der Waals surface area contributed by atoms with Crippen LogP contribution in [-0.4, -0.2) is 67.3 Å². The molecule has 1 amide bonds. The Kier molecular flexibility index (Phi) is 5.64. The maximum atomic E-state index is 12.2. The van der Waals surface area contributed by atoms with E-state index in [1.165, 1.54) is 38.2 Å². The van der Waals surface area contributed by atoms with Crippen LogP contribution in [0.5, 0.6) is 0 Å². The first kappa shape index (κ1) is 18.4. The summed E-state index contributed by atoms with van der Waals surface area (Å²) in [6.45, 7) is 7.52. The minimum Gasteiger partial charge on any atom is -0.338 e. The number of amides is 1. The van der Waals surface area contributed by atoms with Crippen LogP contribution in [0.1, 0.15) is 38.5 Å². The predicted octanol–water partition coefficient (Wildman–Crippen LogP) is 0.924. The number of piperidine rings is 1. The highest BCUT2D eigenvalue weighted by Gasteiger charge is 2.46. The summed E-state index contributed by atoms with van der Waals surface area (Å²) in [5.41, 5.74) is 3.49. The third kappa shape index (κ3) is 3.70. The van der Waals surface area contributed by atoms with Crippen molar-refractivity contribution in [2.75, 3.05) is 33.2 Å². The molecule has 5 atom stereocenters. The second kappa shape index (κ2) is 7.97. The quantitative estimate of drug-likeness (QED) is 0.653. The molecular formula is C20H35N5O. The average molecular weight is 362 g/mol. The van der Waals surface area contributed by atoms with Crippen LogP contribution >= 0.6 is 0 Å². The van der Waals surface area contributed by atoms with Crippen molar-refractivity contribution < 1.29 is 4.79 Å². The maximum Gasteiger partial charge on any atom is 0.246 e. The van der Waals surface area contributed by atoms with Gasteiger partial charge in [0.05, 0.1) is 6.17 Å². The minimum atomic E-state index is 0.0804. The minimum absolute atomic E-state index is 0.0804. The Labute approximate surface area is 157 Å². The number of likely N-dealkylation sites (tertiary alicyclic amines) is 1. The van der Waals surface area contributed by atoms with Crippen molar-refractivity contribution >= 4 is 5.91 Å². The van der Waals surface area contributed by atoms with Crippen molar-refractivity contribution in [1.82, 2.24) is 26.0 Å². The Morgan fingerprint density at radius 3 is 2.58 bits per heavy atom. The van der Waals surface area contributed by atoms with Gasteiger partial charge in [-0.25, -0.2) is 5.01 Å². The van der Waals surface area contributed by atoms with Gasteiger partial charge in [0.1, 0.15) is 0 Å². The molecule has 6 nitrogen and oxygen atoms in total. The van der Waals surface area contributed by atoms with E-state index in [-0.39, 0.29) is 5.91 Å². The summed E-state index contributed by atoms with van der Waals surface area (Å²) in [4.78, 5) is 14.1. The number of carbonyl (C=O) groups is 1. The lowest BCUT2D eigenvalue weighted by Crippen LogP contribution is -2.71. The highest BCUT2D eigenvalue weighted by Crippen LogP contribution is 2.34. The Balaban J connectivity index is 1.51. The second-order valence-corrected chi connectivity index (χ2v) is 8.79. The first-order chi connectivity index (χ1) is 12.7. The molecule has 0 aromatic carbocycles. The van der Waals surface area contributed by atoms with Gasteiger partial charge in [-0.05, 0) is 37.2 Å². The number of hydrogen-bond donors (Lipinski definition) is 3. The van der Waals surface area contributed by atoms with E-state index in [2.05, 4.69) is 34.7 Å². The third-order valence-electron chi connectivity index (χ3n) is 7.14. The maximum absolute atomic E-state index is 12.2. The summed E-state index contributed by atoms with van der Waals surface area (Å²) in [7, 11) is 2.14. The molecule has 0 aromatic rings. The van der Waals surface area contributed by atoms with Crippen molar-refractivity contribution in [3.8, 4) is 0 Å². The van der Waals surface area contributed by atoms with Crippen LogP contribution in [-0.2, 0) is 4.79 Å². The van der Waals surface area contributed by atoms with Crippen LogP contribution in [0.15, 0.2) is 12.7 Å². The molecule has 26 heavy (non-hydrogen) atoms. The molecule has 1 saturated carbocycles. The van der Waals surface area contributed by atoms with Gasteiger partial charge >= 0.3 is 0 Å². The van der Waals surface area contributed by atoms with Gasteiger partial charge in [0.2, 0.25) is 5.91 Å². The van der Waals surface area contributed by atoms with Gasteiger partial charge in [-0.15, -0.1) is 0 Å². The lowest BCUT2D eigenvalue weighted by atomic mass is 9.75. The van der Waals surface area contributed by atoms with Crippen LogP contribution in [0.3, 0.4) is 0 Å². The molecule has 4 rings (SSSR count). The van der Waals surface area contributed by atoms with E-state index >= 15 is 0 Å². The molecule has 3 N–H and O–H groups in total. The van der Waals surface area contributed by atoms with Crippen molar-refractivity contribution in [3.63, 3.8) is 0 Å². The molecule has 146 valence electrons. The fourth-order valence-electron chi connectivity index (χ4n) is 5.74. The number of fused-ring (bicyclic) bond motifs is 1. The van der Waals surface area contributed by atoms with Gasteiger partial charge in [0.15, 0.2) is 0 Å². The standard InChI is InChI=1S/C20H35N5O/c1-3-18(26)25-10-9-16-17(13-25)22-20(14-7-5-4-6-8-14)23-19(16)15-11-21-24(2)12-15/h3,14-17,19-23H,1,4-13H2,2H3. The number of rotatable bonds is 3. The van der Waals surface area contributed by atoms with E-state index < -0.39 is 0 Å². The topological polar surface area (TPSA) is 59.6 Å². The molecule has 1 aliphatic carbocycles. The smallest absolute Gasteiger partial charge is 0.246 e. The lowest BCUT2D eigenvalue weighted by molar-refractivity contribution is -0.129. The zero-order valence-electron chi connectivity index (χ0n) is 16.1. The normalized spacial score (nSPS) is 39.6. The van der Waals surface area contributed by atoms with Gasteiger partial charge in [-0.2, -0.15) is 0 Å². The second-order valence-electron chi connectivity index (χ2n) is 8.79. The zero-order chi connectivity index (χ0) is 18.1. The van der Waals surface area contributed by atoms with Gasteiger partial charge in [-0.1, -0.05) is 25.8 Å². The number of hydrazine groups is 1. The van der Waals surface area contributed by atoms with Crippen LogP contribution in [0.2, 0.25) is 0 Å². The highest BCUT2D eigenvalue weighted by atomic mass is 16.2. The van der Waals surface area contributed by atoms with Crippen molar-refractivity contribution in [2.24, 2.45) is 17.8 Å². The zero-order valence-corrected chi connectivity index (χ0v) is 16.1. The largest absolute Gasteiger partial charge is 0.338 e. The monoisotopic (exact) mass is 361 g/mol. The molecule has 3 aliphatic heterocycles. The molecule has 0 radical (unpaired) electrons. The number of nitrogens with one attached hydrogen (secondary N) is 3. The number of hydrogen-bond acceptors (Lipinski definition) is 5. The molecule has 4 aliphatic rings. The Morgan fingerprint density at radius 2 is 1.88 bits per heavy atom. The van der Waals surface area contributed by atoms with E-state index in [1.807, 2.05) is 4.90 Å². The van der Waals surface area contributed by atoms with Crippen molar-refractivity contribution in [2.45, 2.75) is 56.8 Å². The number of nitrogens with zero attached hydrogens (tertiary/aromatic N) is 2. The van der Waals surface area contributed by atoms with Crippen molar-refractivity contribution in [1.29, 1.82) is 0 Å². The molecule has 6 heteroatoms. The Morgan fingerprint density at radius 1 is 1.08 bits per heavy atom. The van der Waals surface area contributed by atoms with E-state index in [1.54, 1.807) is 0 Å². The molecule has 5 unspecified atom stereocenters. The predicted molar refractivity (Wildman–Crippen MR) is 103 cm³/mol. The summed E-state index contributed by atoms with van der Waals surface area (Å²) >= 11 is 0. The first-order valence-electron chi connectivity index (χ1n) is 10.5. The van der Waals surface area contributed by atoms with E-state index in [0.29, 0.717) is 30.1 Å². The van der Waals surface area contributed by atoms with Gasteiger partial charge in [-0.3, -0.25) is 20.9 Å². The van der Waals surface area contributed by atoms with Gasteiger partial charge in [0.25, 0.3) is 0 Å². The van der Waals surface area contributed by atoms with Gasteiger partial charge < -0.3 is 4.90 Å². The molecule has 0 aromatic heterocycles. The molecule has 4 fully saturated rings. The molecule has 3 heterocycles. The van der Waals surface area contributed by atoms with Crippen LogP contribution in [0.25, 0.3) is 0 Å². The van der Waals surface area contributed by atoms with E-state index in [4.69, 9.17) is 0 Å². The van der Waals surface area contributed by atoms with E-state index in [9.17, 15) is 4.79 Å². The summed E-state index contributed by atoms with van der Waals surface area (Å²) < 4.78 is 0. The van der Waals surface area contributed by atoms with Gasteiger partial charge in [0, 0.05) is 51.2 Å². The average Bonchev–Trinajstić information content (AvgIpc) is 3.12. The highest BCUT2D eigenvalue weighted by molar-refractivity contribution is 5.87. The summed E-state index contributed by atoms with van der Waals surface area (Å²) in [5, 5.41) is 10.2. The fourth-order valence-corrected chi connectivity index (χ4v) is 5.74. The number of carbonyl (C=O) groups excluding carboxylic acids is 1. The molecule has 0 bridgehead atoms. The molecule has 0 spiro atoms. The Bertz CT molecular complexity index is 520. The third-order valence-corrected chi connectivity index (χ3v) is 7.14. The molecular weight excluding hydrogens is 326 g/mol. The van der Waals surface area contributed by atoms with Crippen LogP contribution in [0, 0.1) is 17.8 Å². The first-order valence-corrected chi connectivity index (χ1v) is 10.5. The van der Waals surface area contributed by atoms with E-state index in [0.717, 1.165) is 38.5 Å².